The molecule has 0 aliphatic rings. The van der Waals surface area contributed by atoms with Crippen LogP contribution in [0, 0.1) is 27.2 Å². The van der Waals surface area contributed by atoms with Crippen LogP contribution in [0.3, 0.4) is 0 Å². The minimum atomic E-state index is -0.738. The number of nitro groups is 2. The molecule has 0 aliphatic heterocycles. The van der Waals surface area contributed by atoms with Crippen molar-refractivity contribution in [2.24, 2.45) is 0 Å². The van der Waals surface area contributed by atoms with Crippen LogP contribution in [0.5, 0.6) is 11.6 Å². The third kappa shape index (κ3) is 3.03. The second-order valence-corrected chi connectivity index (χ2v) is 4.18. The Kier molecular flexibility index (Phi) is 3.94. The summed E-state index contributed by atoms with van der Waals surface area (Å²) in [4.78, 5) is 27.5. The van der Waals surface area contributed by atoms with Crippen LogP contribution < -0.4 is 4.74 Å². The van der Waals surface area contributed by atoms with E-state index in [1.165, 1.54) is 25.1 Å². The van der Waals surface area contributed by atoms with E-state index >= 15 is 0 Å². The van der Waals surface area contributed by atoms with Gasteiger partial charge in [0.2, 0.25) is 5.28 Å². The van der Waals surface area contributed by atoms with Gasteiger partial charge < -0.3 is 4.74 Å². The van der Waals surface area contributed by atoms with Crippen molar-refractivity contribution in [2.75, 3.05) is 0 Å². The summed E-state index contributed by atoms with van der Waals surface area (Å²) < 4.78 is 5.29. The minimum absolute atomic E-state index is 0.0714. The molecule has 0 atom stereocenters. The molecule has 0 N–H and O–H groups in total. The molecule has 1 heterocycles. The second kappa shape index (κ2) is 5.67. The first kappa shape index (κ1) is 14.6. The van der Waals surface area contributed by atoms with Crippen molar-refractivity contribution in [3.05, 3.63) is 55.5 Å². The fraction of sp³-hybridized carbons (Fsp3) is 0.0909. The third-order valence-corrected chi connectivity index (χ3v) is 2.74. The number of halogens is 1. The molecule has 10 heteroatoms. The molecular formula is C11H7ClN4O5. The Morgan fingerprint density at radius 2 is 1.86 bits per heavy atom. The molecule has 0 spiro atoms. The first-order chi connectivity index (χ1) is 9.90. The van der Waals surface area contributed by atoms with Gasteiger partial charge in [0.15, 0.2) is 0 Å². The van der Waals surface area contributed by atoms with Gasteiger partial charge in [0.25, 0.3) is 5.69 Å². The average Bonchev–Trinajstić information content (AvgIpc) is 2.40. The molecule has 0 fully saturated rings. The molecule has 0 saturated carbocycles. The maximum absolute atomic E-state index is 10.9. The zero-order chi connectivity index (χ0) is 15.6. The van der Waals surface area contributed by atoms with Gasteiger partial charge in [-0.2, -0.15) is 4.98 Å². The first-order valence-corrected chi connectivity index (χ1v) is 5.86. The normalized spacial score (nSPS) is 10.2. The zero-order valence-corrected chi connectivity index (χ0v) is 11.3. The van der Waals surface area contributed by atoms with Gasteiger partial charge in [-0.3, -0.25) is 20.2 Å². The van der Waals surface area contributed by atoms with Gasteiger partial charge in [0, 0.05) is 6.07 Å². The predicted octanol–water partition coefficient (Wildman–Crippen LogP) is 3.05. The predicted molar refractivity (Wildman–Crippen MR) is 71.6 cm³/mol. The molecule has 0 amide bonds. The minimum Gasteiger partial charge on any atom is -0.433 e. The lowest BCUT2D eigenvalue weighted by Crippen LogP contribution is -2.00. The van der Waals surface area contributed by atoms with Gasteiger partial charge in [-0.25, -0.2) is 4.98 Å². The van der Waals surface area contributed by atoms with Gasteiger partial charge in [-0.1, -0.05) is 6.07 Å². The molecule has 2 aromatic rings. The standard InChI is InChI=1S/C11H7ClN4O5/c1-6-7(15(17)18)3-2-4-9(6)21-10-8(16(19)20)5-13-11(12)14-10/h2-5H,1H3. The second-order valence-electron chi connectivity index (χ2n) is 3.85. The summed E-state index contributed by atoms with van der Waals surface area (Å²) in [6.07, 6.45) is 0.900. The van der Waals surface area contributed by atoms with Crippen LogP contribution in [-0.2, 0) is 0 Å². The Hall–Kier alpha value is -2.81. The van der Waals surface area contributed by atoms with Gasteiger partial charge >= 0.3 is 11.6 Å². The highest BCUT2D eigenvalue weighted by Gasteiger charge is 2.22. The molecule has 0 bridgehead atoms. The lowest BCUT2D eigenvalue weighted by atomic mass is 10.2. The Balaban J connectivity index is 2.48. The van der Waals surface area contributed by atoms with E-state index in [2.05, 4.69) is 9.97 Å². The highest BCUT2D eigenvalue weighted by Crippen LogP contribution is 2.34. The van der Waals surface area contributed by atoms with E-state index in [1.807, 2.05) is 0 Å². The first-order valence-electron chi connectivity index (χ1n) is 5.49. The number of nitro benzene ring substituents is 1. The zero-order valence-electron chi connectivity index (χ0n) is 10.5. The van der Waals surface area contributed by atoms with Crippen molar-refractivity contribution < 1.29 is 14.6 Å². The van der Waals surface area contributed by atoms with Crippen molar-refractivity contribution >= 4 is 23.0 Å². The molecule has 0 aliphatic carbocycles. The Morgan fingerprint density at radius 3 is 2.48 bits per heavy atom. The van der Waals surface area contributed by atoms with Crippen LogP contribution in [0.4, 0.5) is 11.4 Å². The summed E-state index contributed by atoms with van der Waals surface area (Å²) in [5, 5.41) is 21.5. The summed E-state index contributed by atoms with van der Waals surface area (Å²) in [6.45, 7) is 1.46. The van der Waals surface area contributed by atoms with E-state index in [1.54, 1.807) is 0 Å². The number of rotatable bonds is 4. The van der Waals surface area contributed by atoms with Crippen LogP contribution in [0.15, 0.2) is 24.4 Å². The molecule has 0 radical (unpaired) electrons. The Bertz CT molecular complexity index is 737. The van der Waals surface area contributed by atoms with Crippen molar-refractivity contribution in [2.45, 2.75) is 6.92 Å². The molecule has 1 aromatic carbocycles. The van der Waals surface area contributed by atoms with Gasteiger partial charge in [0.05, 0.1) is 15.4 Å². The lowest BCUT2D eigenvalue weighted by Gasteiger charge is -2.08. The highest BCUT2D eigenvalue weighted by atomic mass is 35.5. The maximum Gasteiger partial charge on any atom is 0.349 e. The number of ether oxygens (including phenoxy) is 1. The van der Waals surface area contributed by atoms with Crippen LogP contribution in [0.25, 0.3) is 0 Å². The third-order valence-electron chi connectivity index (χ3n) is 2.56. The maximum atomic E-state index is 10.9. The molecule has 0 unspecified atom stereocenters. The SMILES string of the molecule is Cc1c(Oc2nc(Cl)ncc2[N+](=O)[O-])cccc1[N+](=O)[O-]. The van der Waals surface area contributed by atoms with Gasteiger partial charge in [0.1, 0.15) is 11.9 Å². The summed E-state index contributed by atoms with van der Waals surface area (Å²) in [5.41, 5.74) is -0.452. The summed E-state index contributed by atoms with van der Waals surface area (Å²) in [5.74, 6) is -0.314. The van der Waals surface area contributed by atoms with E-state index in [-0.39, 0.29) is 28.2 Å². The van der Waals surface area contributed by atoms with E-state index in [0.29, 0.717) is 0 Å². The van der Waals surface area contributed by atoms with E-state index < -0.39 is 15.5 Å². The average molecular weight is 311 g/mol. The van der Waals surface area contributed by atoms with Crippen molar-refractivity contribution in [3.8, 4) is 11.6 Å². The lowest BCUT2D eigenvalue weighted by molar-refractivity contribution is -0.386. The smallest absolute Gasteiger partial charge is 0.349 e. The number of aromatic nitrogens is 2. The number of hydrogen-bond donors (Lipinski definition) is 0. The highest BCUT2D eigenvalue weighted by molar-refractivity contribution is 6.28. The largest absolute Gasteiger partial charge is 0.433 e. The molecule has 108 valence electrons. The topological polar surface area (TPSA) is 121 Å². The van der Waals surface area contributed by atoms with E-state index in [4.69, 9.17) is 16.3 Å². The van der Waals surface area contributed by atoms with Crippen molar-refractivity contribution in [1.29, 1.82) is 0 Å². The van der Waals surface area contributed by atoms with Gasteiger partial charge in [-0.05, 0) is 24.6 Å². The quantitative estimate of drug-likeness (QED) is 0.483. The molecule has 2 rings (SSSR count). The molecule has 1 aromatic heterocycles. The Morgan fingerprint density at radius 1 is 1.19 bits per heavy atom. The number of hydrogen-bond acceptors (Lipinski definition) is 7. The fourth-order valence-electron chi connectivity index (χ4n) is 1.56. The fourth-order valence-corrected chi connectivity index (χ4v) is 1.68. The number of benzene rings is 1. The number of nitrogens with zero attached hydrogens (tertiary/aromatic N) is 4. The van der Waals surface area contributed by atoms with Crippen LogP contribution in [-0.4, -0.2) is 19.8 Å². The monoisotopic (exact) mass is 310 g/mol. The van der Waals surface area contributed by atoms with Crippen LogP contribution >= 0.6 is 11.6 Å². The molecule has 21 heavy (non-hydrogen) atoms. The molecule has 0 saturated heterocycles. The van der Waals surface area contributed by atoms with E-state index in [0.717, 1.165) is 6.20 Å². The van der Waals surface area contributed by atoms with Crippen LogP contribution in [0.2, 0.25) is 5.28 Å². The van der Waals surface area contributed by atoms with Crippen molar-refractivity contribution in [1.82, 2.24) is 9.97 Å². The van der Waals surface area contributed by atoms with Gasteiger partial charge in [-0.15, -0.1) is 0 Å². The molecular weight excluding hydrogens is 304 g/mol. The van der Waals surface area contributed by atoms with Crippen LogP contribution in [0.1, 0.15) is 5.56 Å². The summed E-state index contributed by atoms with van der Waals surface area (Å²) in [6, 6.07) is 4.13. The molecule has 9 nitrogen and oxygen atoms in total. The Labute approximate surface area is 122 Å². The van der Waals surface area contributed by atoms with Crippen molar-refractivity contribution in [3.63, 3.8) is 0 Å². The summed E-state index contributed by atoms with van der Waals surface area (Å²) >= 11 is 5.58. The summed E-state index contributed by atoms with van der Waals surface area (Å²) in [7, 11) is 0. The van der Waals surface area contributed by atoms with E-state index in [9.17, 15) is 20.2 Å².